The number of ether oxygens (including phenoxy) is 1. The molecule has 1 unspecified atom stereocenters. The summed E-state index contributed by atoms with van der Waals surface area (Å²) in [5.74, 6) is 1.54. The lowest BCUT2D eigenvalue weighted by Crippen LogP contribution is -2.15. The Morgan fingerprint density at radius 2 is 2.69 bits per heavy atom. The van der Waals surface area contributed by atoms with Gasteiger partial charge < -0.3 is 10.1 Å². The molecule has 0 saturated carbocycles. The Balaban J connectivity index is 1.78. The van der Waals surface area contributed by atoms with E-state index in [0.717, 1.165) is 25.4 Å². The Hall–Kier alpha value is -1.03. The van der Waals surface area contributed by atoms with Crippen LogP contribution in [0, 0.1) is 5.92 Å². The second-order valence-electron chi connectivity index (χ2n) is 3.52. The third-order valence-corrected chi connectivity index (χ3v) is 2.33. The van der Waals surface area contributed by atoms with Crippen LogP contribution in [0.4, 0.5) is 0 Å². The highest BCUT2D eigenvalue weighted by molar-refractivity contribution is 5.11. The first-order valence-corrected chi connectivity index (χ1v) is 4.67. The number of rotatable bonds is 3. The number of aryl methyl sites for hydroxylation is 1. The number of aromatic nitrogens is 2. The third kappa shape index (κ3) is 2.21. The Morgan fingerprint density at radius 3 is 3.31 bits per heavy atom. The Bertz CT molecular complexity index is 266. The first kappa shape index (κ1) is 8.56. The van der Waals surface area contributed by atoms with Gasteiger partial charge in [0.2, 0.25) is 0 Å². The van der Waals surface area contributed by atoms with Crippen LogP contribution in [0.2, 0.25) is 0 Å². The van der Waals surface area contributed by atoms with E-state index in [1.165, 1.54) is 6.42 Å². The van der Waals surface area contributed by atoms with E-state index in [-0.39, 0.29) is 0 Å². The monoisotopic (exact) mass is 181 g/mol. The SMILES string of the molecule is Cn1cc(OCC2CCNC2)cn1. The van der Waals surface area contributed by atoms with E-state index in [4.69, 9.17) is 4.74 Å². The van der Waals surface area contributed by atoms with Crippen molar-refractivity contribution in [2.45, 2.75) is 6.42 Å². The number of hydrogen-bond donors (Lipinski definition) is 1. The minimum atomic E-state index is 0.667. The number of nitrogens with zero attached hydrogens (tertiary/aromatic N) is 2. The van der Waals surface area contributed by atoms with Gasteiger partial charge in [-0.15, -0.1) is 0 Å². The van der Waals surface area contributed by atoms with Crippen molar-refractivity contribution in [1.29, 1.82) is 0 Å². The predicted octanol–water partition coefficient (Wildman–Crippen LogP) is 0.408. The van der Waals surface area contributed by atoms with Crippen molar-refractivity contribution in [2.24, 2.45) is 13.0 Å². The molecule has 1 aliphatic rings. The summed E-state index contributed by atoms with van der Waals surface area (Å²) in [6.45, 7) is 3.01. The highest BCUT2D eigenvalue weighted by Crippen LogP contribution is 2.12. The molecule has 4 nitrogen and oxygen atoms in total. The van der Waals surface area contributed by atoms with Crippen molar-refractivity contribution in [3.8, 4) is 5.75 Å². The third-order valence-electron chi connectivity index (χ3n) is 2.33. The van der Waals surface area contributed by atoms with E-state index >= 15 is 0 Å². The molecule has 0 aromatic carbocycles. The van der Waals surface area contributed by atoms with Crippen molar-refractivity contribution >= 4 is 0 Å². The number of hydrogen-bond acceptors (Lipinski definition) is 3. The highest BCUT2D eigenvalue weighted by Gasteiger charge is 2.14. The predicted molar refractivity (Wildman–Crippen MR) is 49.7 cm³/mol. The van der Waals surface area contributed by atoms with Gasteiger partial charge >= 0.3 is 0 Å². The van der Waals surface area contributed by atoms with Crippen molar-refractivity contribution in [3.63, 3.8) is 0 Å². The summed E-state index contributed by atoms with van der Waals surface area (Å²) >= 11 is 0. The molecule has 1 aromatic heterocycles. The lowest BCUT2D eigenvalue weighted by Gasteiger charge is -2.08. The molecule has 2 rings (SSSR count). The van der Waals surface area contributed by atoms with Crippen LogP contribution in [0.5, 0.6) is 5.75 Å². The maximum absolute atomic E-state index is 5.59. The molecule has 0 spiro atoms. The molecule has 1 aliphatic heterocycles. The largest absolute Gasteiger partial charge is 0.490 e. The summed E-state index contributed by atoms with van der Waals surface area (Å²) < 4.78 is 7.34. The fourth-order valence-corrected chi connectivity index (χ4v) is 1.54. The van der Waals surface area contributed by atoms with Crippen molar-refractivity contribution in [2.75, 3.05) is 19.7 Å². The van der Waals surface area contributed by atoms with Crippen LogP contribution in [-0.2, 0) is 7.05 Å². The van der Waals surface area contributed by atoms with Gasteiger partial charge in [0, 0.05) is 19.5 Å². The molecule has 13 heavy (non-hydrogen) atoms. The zero-order chi connectivity index (χ0) is 9.10. The molecule has 2 heterocycles. The summed E-state index contributed by atoms with van der Waals surface area (Å²) in [6, 6.07) is 0. The summed E-state index contributed by atoms with van der Waals surface area (Å²) in [5, 5.41) is 7.35. The lowest BCUT2D eigenvalue weighted by atomic mass is 10.1. The smallest absolute Gasteiger partial charge is 0.157 e. The minimum absolute atomic E-state index is 0.667. The molecule has 1 saturated heterocycles. The van der Waals surface area contributed by atoms with Gasteiger partial charge in [-0.25, -0.2) is 0 Å². The fourth-order valence-electron chi connectivity index (χ4n) is 1.54. The maximum Gasteiger partial charge on any atom is 0.157 e. The van der Waals surface area contributed by atoms with E-state index in [9.17, 15) is 0 Å². The summed E-state index contributed by atoms with van der Waals surface area (Å²) in [5.41, 5.74) is 0. The Labute approximate surface area is 77.9 Å². The normalized spacial score (nSPS) is 22.1. The van der Waals surface area contributed by atoms with Gasteiger partial charge in [0.25, 0.3) is 0 Å². The van der Waals surface area contributed by atoms with Gasteiger partial charge in [-0.05, 0) is 13.0 Å². The van der Waals surface area contributed by atoms with Crippen LogP contribution in [0.15, 0.2) is 12.4 Å². The second-order valence-corrected chi connectivity index (χ2v) is 3.52. The van der Waals surface area contributed by atoms with E-state index in [1.807, 2.05) is 13.2 Å². The van der Waals surface area contributed by atoms with Crippen LogP contribution in [0.1, 0.15) is 6.42 Å². The first-order valence-electron chi connectivity index (χ1n) is 4.67. The molecule has 0 aliphatic carbocycles. The van der Waals surface area contributed by atoms with Gasteiger partial charge in [0.1, 0.15) is 0 Å². The molecule has 0 bridgehead atoms. The zero-order valence-electron chi connectivity index (χ0n) is 7.86. The molecular formula is C9H15N3O. The van der Waals surface area contributed by atoms with E-state index in [0.29, 0.717) is 5.92 Å². The molecule has 1 N–H and O–H groups in total. The molecular weight excluding hydrogens is 166 g/mol. The van der Waals surface area contributed by atoms with E-state index in [1.54, 1.807) is 10.9 Å². The average Bonchev–Trinajstić information content (AvgIpc) is 2.71. The second kappa shape index (κ2) is 3.79. The molecule has 0 amide bonds. The highest BCUT2D eigenvalue weighted by atomic mass is 16.5. The van der Waals surface area contributed by atoms with Crippen molar-refractivity contribution < 1.29 is 4.74 Å². The summed E-state index contributed by atoms with van der Waals surface area (Å²) in [4.78, 5) is 0. The Morgan fingerprint density at radius 1 is 1.77 bits per heavy atom. The topological polar surface area (TPSA) is 39.1 Å². The molecule has 1 fully saturated rings. The van der Waals surface area contributed by atoms with Gasteiger partial charge in [0.05, 0.1) is 19.0 Å². The van der Waals surface area contributed by atoms with Crippen LogP contribution in [-0.4, -0.2) is 29.5 Å². The minimum Gasteiger partial charge on any atom is -0.490 e. The quantitative estimate of drug-likeness (QED) is 0.734. The van der Waals surface area contributed by atoms with Crippen LogP contribution in [0.25, 0.3) is 0 Å². The standard InChI is InChI=1S/C9H15N3O/c1-12-6-9(5-11-12)13-7-8-2-3-10-4-8/h5-6,8,10H,2-4,7H2,1H3. The van der Waals surface area contributed by atoms with Gasteiger partial charge in [-0.1, -0.05) is 0 Å². The van der Waals surface area contributed by atoms with Crippen molar-refractivity contribution in [1.82, 2.24) is 15.1 Å². The van der Waals surface area contributed by atoms with Gasteiger partial charge in [-0.3, -0.25) is 4.68 Å². The average molecular weight is 181 g/mol. The molecule has 4 heteroatoms. The maximum atomic E-state index is 5.59. The Kier molecular flexibility index (Phi) is 2.49. The van der Waals surface area contributed by atoms with Crippen LogP contribution >= 0.6 is 0 Å². The van der Waals surface area contributed by atoms with Crippen LogP contribution in [0.3, 0.4) is 0 Å². The van der Waals surface area contributed by atoms with Gasteiger partial charge in [-0.2, -0.15) is 5.10 Å². The zero-order valence-corrected chi connectivity index (χ0v) is 7.86. The molecule has 0 radical (unpaired) electrons. The van der Waals surface area contributed by atoms with Crippen LogP contribution < -0.4 is 10.1 Å². The van der Waals surface area contributed by atoms with E-state index in [2.05, 4.69) is 10.4 Å². The van der Waals surface area contributed by atoms with Gasteiger partial charge in [0.15, 0.2) is 5.75 Å². The molecule has 72 valence electrons. The molecule has 1 atom stereocenters. The lowest BCUT2D eigenvalue weighted by molar-refractivity contribution is 0.260. The van der Waals surface area contributed by atoms with E-state index < -0.39 is 0 Å². The summed E-state index contributed by atoms with van der Waals surface area (Å²) in [7, 11) is 1.89. The van der Waals surface area contributed by atoms with Crippen molar-refractivity contribution in [3.05, 3.63) is 12.4 Å². The first-order chi connectivity index (χ1) is 6.34. The number of nitrogens with one attached hydrogen (secondary N) is 1. The fraction of sp³-hybridized carbons (Fsp3) is 0.667. The summed E-state index contributed by atoms with van der Waals surface area (Å²) in [6.07, 6.45) is 4.87. The molecule has 1 aromatic rings.